The number of amides is 1. The largest absolute Gasteiger partial charge is 0.507 e. The van der Waals surface area contributed by atoms with Gasteiger partial charge in [-0.1, -0.05) is 86.1 Å². The van der Waals surface area contributed by atoms with Crippen molar-refractivity contribution in [1.29, 1.82) is 0 Å². The van der Waals surface area contributed by atoms with Gasteiger partial charge in [0, 0.05) is 15.7 Å². The first-order valence-electron chi connectivity index (χ1n) is 11.9. The number of carbonyl (C=O) groups excluding carboxylic acids is 2. The van der Waals surface area contributed by atoms with E-state index >= 15 is 0 Å². The van der Waals surface area contributed by atoms with Crippen LogP contribution in [-0.2, 0) is 9.59 Å². The highest BCUT2D eigenvalue weighted by atomic mass is 79.9. The number of aryl methyl sites for hydroxylation is 1. The average molecular weight is 532 g/mol. The summed E-state index contributed by atoms with van der Waals surface area (Å²) in [4.78, 5) is 28.3. The second kappa shape index (κ2) is 9.82. The Balaban J connectivity index is 1.91. The van der Waals surface area contributed by atoms with Gasteiger partial charge in [-0.15, -0.1) is 0 Å². The molecule has 1 saturated heterocycles. The van der Waals surface area contributed by atoms with E-state index in [0.717, 1.165) is 26.7 Å². The van der Waals surface area contributed by atoms with Gasteiger partial charge < -0.3 is 5.11 Å². The molecular weight excluding hydrogens is 502 g/mol. The number of ketones is 1. The number of hydrogen-bond acceptors (Lipinski definition) is 3. The number of rotatable bonds is 5. The minimum absolute atomic E-state index is 0.0990. The van der Waals surface area contributed by atoms with E-state index in [2.05, 4.69) is 43.6 Å². The van der Waals surface area contributed by atoms with Gasteiger partial charge >= 0.3 is 0 Å². The number of aliphatic hydroxyl groups is 1. The highest BCUT2D eigenvalue weighted by Gasteiger charge is 2.47. The topological polar surface area (TPSA) is 57.6 Å². The SMILES string of the molecule is Cc1cc(/C(O)=C2/C(=O)C(=O)N(c3ccc(C(C)C)cc3)C2c2ccc(C(C)C)cc2)ccc1Br. The highest BCUT2D eigenvalue weighted by Crippen LogP contribution is 2.42. The summed E-state index contributed by atoms with van der Waals surface area (Å²) in [5, 5.41) is 11.3. The van der Waals surface area contributed by atoms with Crippen molar-refractivity contribution in [3.05, 3.63) is 105 Å². The van der Waals surface area contributed by atoms with Crippen molar-refractivity contribution in [2.75, 3.05) is 4.90 Å². The summed E-state index contributed by atoms with van der Waals surface area (Å²) in [6, 6.07) is 20.3. The molecule has 0 aliphatic carbocycles. The molecule has 1 aliphatic rings. The maximum Gasteiger partial charge on any atom is 0.300 e. The number of carbonyl (C=O) groups is 2. The monoisotopic (exact) mass is 531 g/mol. The number of hydrogen-bond donors (Lipinski definition) is 1. The highest BCUT2D eigenvalue weighted by molar-refractivity contribution is 9.10. The molecule has 0 aromatic heterocycles. The van der Waals surface area contributed by atoms with Crippen LogP contribution in [0.25, 0.3) is 5.76 Å². The molecule has 0 saturated carbocycles. The summed E-state index contributed by atoms with van der Waals surface area (Å²) in [6.07, 6.45) is 0. The lowest BCUT2D eigenvalue weighted by Crippen LogP contribution is -2.29. The molecule has 1 fully saturated rings. The number of anilines is 1. The third-order valence-corrected chi connectivity index (χ3v) is 7.52. The van der Waals surface area contributed by atoms with Gasteiger partial charge in [-0.3, -0.25) is 14.5 Å². The predicted octanol–water partition coefficient (Wildman–Crippen LogP) is 7.63. The van der Waals surface area contributed by atoms with E-state index in [9.17, 15) is 14.7 Å². The van der Waals surface area contributed by atoms with Gasteiger partial charge in [0.05, 0.1) is 11.6 Å². The van der Waals surface area contributed by atoms with Crippen molar-refractivity contribution >= 4 is 39.1 Å². The van der Waals surface area contributed by atoms with E-state index in [-0.39, 0.29) is 11.3 Å². The van der Waals surface area contributed by atoms with E-state index in [1.165, 1.54) is 4.90 Å². The average Bonchev–Trinajstić information content (AvgIpc) is 3.10. The molecule has 1 atom stereocenters. The molecule has 1 aliphatic heterocycles. The van der Waals surface area contributed by atoms with E-state index in [0.29, 0.717) is 23.1 Å². The van der Waals surface area contributed by atoms with Crippen LogP contribution >= 0.6 is 15.9 Å². The standard InChI is InChI=1S/C30H30BrNO3/c1-17(2)20-6-8-22(9-7-20)27-26(28(33)23-12-15-25(31)19(5)16-23)29(34)30(35)32(27)24-13-10-21(11-14-24)18(3)4/h6-18,27,33H,1-5H3/b28-26-. The Labute approximate surface area is 215 Å². The second-order valence-electron chi connectivity index (χ2n) is 9.70. The van der Waals surface area contributed by atoms with Crippen LogP contribution < -0.4 is 4.90 Å². The molecule has 0 spiro atoms. The molecule has 1 unspecified atom stereocenters. The summed E-state index contributed by atoms with van der Waals surface area (Å²) in [7, 11) is 0. The van der Waals surface area contributed by atoms with Crippen molar-refractivity contribution < 1.29 is 14.7 Å². The van der Waals surface area contributed by atoms with Gasteiger partial charge in [0.15, 0.2) is 0 Å². The zero-order chi connectivity index (χ0) is 25.4. The lowest BCUT2D eigenvalue weighted by Gasteiger charge is -2.26. The molecule has 4 rings (SSSR count). The molecule has 3 aromatic rings. The number of halogens is 1. The van der Waals surface area contributed by atoms with Crippen molar-refractivity contribution in [2.24, 2.45) is 0 Å². The molecule has 0 radical (unpaired) electrons. The smallest absolute Gasteiger partial charge is 0.300 e. The molecule has 4 nitrogen and oxygen atoms in total. The van der Waals surface area contributed by atoms with Gasteiger partial charge in [0.1, 0.15) is 5.76 Å². The van der Waals surface area contributed by atoms with Crippen LogP contribution in [0.1, 0.15) is 73.4 Å². The summed E-state index contributed by atoms with van der Waals surface area (Å²) >= 11 is 3.48. The van der Waals surface area contributed by atoms with Crippen LogP contribution in [0.2, 0.25) is 0 Å². The van der Waals surface area contributed by atoms with Gasteiger partial charge in [0.25, 0.3) is 11.7 Å². The third-order valence-electron chi connectivity index (χ3n) is 6.63. The van der Waals surface area contributed by atoms with Crippen LogP contribution in [0.3, 0.4) is 0 Å². The molecule has 1 heterocycles. The second-order valence-corrected chi connectivity index (χ2v) is 10.6. The summed E-state index contributed by atoms with van der Waals surface area (Å²) in [5.74, 6) is -0.799. The Kier molecular flexibility index (Phi) is 7.00. The van der Waals surface area contributed by atoms with E-state index in [1.807, 2.05) is 67.6 Å². The van der Waals surface area contributed by atoms with Gasteiger partial charge in [-0.25, -0.2) is 0 Å². The van der Waals surface area contributed by atoms with E-state index < -0.39 is 17.7 Å². The molecule has 35 heavy (non-hydrogen) atoms. The zero-order valence-corrected chi connectivity index (χ0v) is 22.3. The van der Waals surface area contributed by atoms with Gasteiger partial charge in [0.2, 0.25) is 0 Å². The first-order valence-corrected chi connectivity index (χ1v) is 12.7. The molecule has 1 N–H and O–H groups in total. The predicted molar refractivity (Wildman–Crippen MR) is 145 cm³/mol. The fourth-order valence-electron chi connectivity index (χ4n) is 4.44. The lowest BCUT2D eigenvalue weighted by molar-refractivity contribution is -0.132. The van der Waals surface area contributed by atoms with Crippen LogP contribution in [0.5, 0.6) is 0 Å². The fourth-order valence-corrected chi connectivity index (χ4v) is 4.69. The minimum atomic E-state index is -0.731. The Morgan fingerprint density at radius 2 is 1.40 bits per heavy atom. The Morgan fingerprint density at radius 3 is 1.91 bits per heavy atom. The van der Waals surface area contributed by atoms with E-state index in [1.54, 1.807) is 6.07 Å². The van der Waals surface area contributed by atoms with Crippen molar-refractivity contribution in [2.45, 2.75) is 52.5 Å². The molecular formula is C30H30BrNO3. The molecule has 180 valence electrons. The molecule has 5 heteroatoms. The molecule has 1 amide bonds. The van der Waals surface area contributed by atoms with Crippen molar-refractivity contribution in [1.82, 2.24) is 0 Å². The minimum Gasteiger partial charge on any atom is -0.507 e. The quantitative estimate of drug-likeness (QED) is 0.209. The van der Waals surface area contributed by atoms with Crippen LogP contribution in [0.4, 0.5) is 5.69 Å². The zero-order valence-electron chi connectivity index (χ0n) is 20.7. The fraction of sp³-hybridized carbons (Fsp3) is 0.267. The normalized spacial score (nSPS) is 17.6. The first kappa shape index (κ1) is 24.9. The van der Waals surface area contributed by atoms with Crippen molar-refractivity contribution in [3.8, 4) is 0 Å². The Hall–Kier alpha value is -3.18. The summed E-state index contributed by atoms with van der Waals surface area (Å²) in [5.41, 5.74) is 5.23. The molecule has 3 aromatic carbocycles. The number of Topliss-reactive ketones (excluding diaryl/α,β-unsaturated/α-hetero) is 1. The molecule has 0 bridgehead atoms. The van der Waals surface area contributed by atoms with Crippen molar-refractivity contribution in [3.63, 3.8) is 0 Å². The van der Waals surface area contributed by atoms with E-state index in [4.69, 9.17) is 0 Å². The van der Waals surface area contributed by atoms with Crippen LogP contribution in [0, 0.1) is 6.92 Å². The lowest BCUT2D eigenvalue weighted by atomic mass is 9.92. The maximum absolute atomic E-state index is 13.4. The Bertz CT molecular complexity index is 1300. The first-order chi connectivity index (χ1) is 16.6. The number of benzene rings is 3. The van der Waals surface area contributed by atoms with Crippen LogP contribution in [-0.4, -0.2) is 16.8 Å². The summed E-state index contributed by atoms with van der Waals surface area (Å²) < 4.78 is 0.903. The maximum atomic E-state index is 13.4. The van der Waals surface area contributed by atoms with Gasteiger partial charge in [-0.2, -0.15) is 0 Å². The Morgan fingerprint density at radius 1 is 0.857 bits per heavy atom. The summed E-state index contributed by atoms with van der Waals surface area (Å²) in [6.45, 7) is 10.4. The number of nitrogens with zero attached hydrogens (tertiary/aromatic N) is 1. The van der Waals surface area contributed by atoms with Crippen LogP contribution in [0.15, 0.2) is 76.8 Å². The third kappa shape index (κ3) is 4.70. The van der Waals surface area contributed by atoms with Gasteiger partial charge in [-0.05, 0) is 65.3 Å². The number of aliphatic hydroxyl groups excluding tert-OH is 1.